The standard InChI is InChI=1S/C18H18F3N3O4/c1-3-13-16(25)24(17(26)23-13)11-5-7-15(22-9-11)27-12-6-4-10(2)14(8-12)28-18(19,20)21/h4-9,13,16,25H,3H2,1-2H3,(H,23,26)/t13-,16?/m1/s1. The Morgan fingerprint density at radius 3 is 2.61 bits per heavy atom. The number of hydrogen-bond acceptors (Lipinski definition) is 5. The molecule has 1 unspecified atom stereocenters. The Bertz CT molecular complexity index is 858. The molecular weight excluding hydrogens is 379 g/mol. The third-order valence-electron chi connectivity index (χ3n) is 4.20. The Morgan fingerprint density at radius 1 is 1.29 bits per heavy atom. The van der Waals surface area contributed by atoms with Gasteiger partial charge in [0, 0.05) is 12.1 Å². The maximum Gasteiger partial charge on any atom is 0.573 e. The van der Waals surface area contributed by atoms with Gasteiger partial charge in [-0.2, -0.15) is 0 Å². The lowest BCUT2D eigenvalue weighted by atomic mass is 10.2. The monoisotopic (exact) mass is 397 g/mol. The van der Waals surface area contributed by atoms with Crippen molar-refractivity contribution in [1.29, 1.82) is 0 Å². The lowest BCUT2D eigenvalue weighted by Crippen LogP contribution is -2.36. The van der Waals surface area contributed by atoms with Gasteiger partial charge in [0.15, 0.2) is 6.23 Å². The summed E-state index contributed by atoms with van der Waals surface area (Å²) >= 11 is 0. The predicted molar refractivity (Wildman–Crippen MR) is 93.3 cm³/mol. The highest BCUT2D eigenvalue weighted by atomic mass is 19.4. The number of aliphatic hydroxyl groups is 1. The van der Waals surface area contributed by atoms with Gasteiger partial charge in [0.1, 0.15) is 11.5 Å². The van der Waals surface area contributed by atoms with Crippen molar-refractivity contribution < 1.29 is 32.5 Å². The second kappa shape index (κ2) is 7.55. The maximum absolute atomic E-state index is 12.5. The van der Waals surface area contributed by atoms with Crippen molar-refractivity contribution >= 4 is 11.7 Å². The van der Waals surface area contributed by atoms with Gasteiger partial charge in [-0.05, 0) is 31.0 Å². The van der Waals surface area contributed by atoms with E-state index in [9.17, 15) is 23.1 Å². The summed E-state index contributed by atoms with van der Waals surface area (Å²) in [6.45, 7) is 3.32. The summed E-state index contributed by atoms with van der Waals surface area (Å²) in [5, 5.41) is 12.9. The molecule has 1 aromatic heterocycles. The fourth-order valence-electron chi connectivity index (χ4n) is 2.76. The summed E-state index contributed by atoms with van der Waals surface area (Å²) in [6, 6.07) is 6.16. The second-order valence-corrected chi connectivity index (χ2v) is 6.18. The van der Waals surface area contributed by atoms with Crippen LogP contribution < -0.4 is 19.7 Å². The molecule has 1 aliphatic heterocycles. The molecule has 150 valence electrons. The van der Waals surface area contributed by atoms with Crippen molar-refractivity contribution in [2.75, 3.05) is 4.90 Å². The molecule has 1 aliphatic rings. The number of pyridine rings is 1. The number of hydrogen-bond donors (Lipinski definition) is 2. The molecule has 0 aliphatic carbocycles. The summed E-state index contributed by atoms with van der Waals surface area (Å²) in [6.07, 6.45) is -3.94. The molecule has 2 heterocycles. The smallest absolute Gasteiger partial charge is 0.439 e. The minimum atomic E-state index is -4.81. The van der Waals surface area contributed by atoms with Gasteiger partial charge in [0.25, 0.3) is 0 Å². The van der Waals surface area contributed by atoms with E-state index in [0.29, 0.717) is 17.7 Å². The molecule has 1 saturated heterocycles. The molecule has 1 aromatic carbocycles. The molecule has 0 radical (unpaired) electrons. The Kier molecular flexibility index (Phi) is 5.32. The number of nitrogens with one attached hydrogen (secondary N) is 1. The lowest BCUT2D eigenvalue weighted by Gasteiger charge is -2.20. The van der Waals surface area contributed by atoms with Gasteiger partial charge in [0.2, 0.25) is 5.88 Å². The summed E-state index contributed by atoms with van der Waals surface area (Å²) in [5.74, 6) is -0.161. The molecule has 2 atom stereocenters. The highest BCUT2D eigenvalue weighted by molar-refractivity contribution is 5.94. The quantitative estimate of drug-likeness (QED) is 0.804. The SMILES string of the molecule is CC[C@H]1NC(=O)N(c2ccc(Oc3ccc(C)c(OC(F)(F)F)c3)nc2)C1O. The van der Waals surface area contributed by atoms with E-state index in [1.165, 1.54) is 42.3 Å². The van der Waals surface area contributed by atoms with Crippen LogP contribution in [-0.4, -0.2) is 34.8 Å². The van der Waals surface area contributed by atoms with Gasteiger partial charge < -0.3 is 19.9 Å². The molecule has 10 heteroatoms. The molecule has 0 bridgehead atoms. The molecule has 0 saturated carbocycles. The largest absolute Gasteiger partial charge is 0.573 e. The van der Waals surface area contributed by atoms with E-state index in [1.54, 1.807) is 0 Å². The van der Waals surface area contributed by atoms with Gasteiger partial charge in [0.05, 0.1) is 17.9 Å². The molecule has 0 spiro atoms. The first-order valence-electron chi connectivity index (χ1n) is 8.46. The van der Waals surface area contributed by atoms with Crippen molar-refractivity contribution in [1.82, 2.24) is 10.3 Å². The van der Waals surface area contributed by atoms with Crippen molar-refractivity contribution in [3.8, 4) is 17.4 Å². The second-order valence-electron chi connectivity index (χ2n) is 6.18. The van der Waals surface area contributed by atoms with Crippen LogP contribution >= 0.6 is 0 Å². The molecule has 28 heavy (non-hydrogen) atoms. The fourth-order valence-corrected chi connectivity index (χ4v) is 2.76. The number of urea groups is 1. The number of anilines is 1. The number of nitrogens with zero attached hydrogens (tertiary/aromatic N) is 2. The third kappa shape index (κ3) is 4.28. The summed E-state index contributed by atoms with van der Waals surface area (Å²) in [7, 11) is 0. The molecular formula is C18H18F3N3O4. The van der Waals surface area contributed by atoms with Crippen LogP contribution in [0.1, 0.15) is 18.9 Å². The van der Waals surface area contributed by atoms with Crippen LogP contribution in [0.2, 0.25) is 0 Å². The number of carbonyl (C=O) groups is 1. The summed E-state index contributed by atoms with van der Waals surface area (Å²) in [4.78, 5) is 17.2. The number of aliphatic hydroxyl groups excluding tert-OH is 1. The van der Waals surface area contributed by atoms with Crippen LogP contribution in [0.25, 0.3) is 0 Å². The van der Waals surface area contributed by atoms with Crippen LogP contribution in [0.4, 0.5) is 23.7 Å². The Labute approximate surface area is 158 Å². The molecule has 1 fully saturated rings. The van der Waals surface area contributed by atoms with E-state index in [1.807, 2.05) is 6.92 Å². The van der Waals surface area contributed by atoms with E-state index < -0.39 is 18.6 Å². The van der Waals surface area contributed by atoms with E-state index in [0.717, 1.165) is 6.07 Å². The van der Waals surface area contributed by atoms with Gasteiger partial charge in [-0.15, -0.1) is 13.2 Å². The van der Waals surface area contributed by atoms with E-state index in [2.05, 4.69) is 15.0 Å². The Balaban J connectivity index is 1.75. The molecule has 2 N–H and O–H groups in total. The zero-order valence-electron chi connectivity index (χ0n) is 15.0. The van der Waals surface area contributed by atoms with Crippen LogP contribution in [0.3, 0.4) is 0 Å². The number of benzene rings is 1. The van der Waals surface area contributed by atoms with Gasteiger partial charge in [-0.1, -0.05) is 13.0 Å². The number of carbonyl (C=O) groups excluding carboxylic acids is 1. The van der Waals surface area contributed by atoms with E-state index in [4.69, 9.17) is 4.74 Å². The first kappa shape index (κ1) is 19.7. The number of ether oxygens (including phenoxy) is 2. The summed E-state index contributed by atoms with van der Waals surface area (Å²) in [5.41, 5.74) is 0.658. The van der Waals surface area contributed by atoms with Gasteiger partial charge >= 0.3 is 12.4 Å². The maximum atomic E-state index is 12.5. The number of alkyl halides is 3. The Morgan fingerprint density at radius 2 is 2.04 bits per heavy atom. The fraction of sp³-hybridized carbons (Fsp3) is 0.333. The van der Waals surface area contributed by atoms with Crippen molar-refractivity contribution in [2.45, 2.75) is 38.9 Å². The Hall–Kier alpha value is -3.01. The minimum Gasteiger partial charge on any atom is -0.439 e. The normalized spacial score (nSPS) is 19.5. The van der Waals surface area contributed by atoms with Crippen molar-refractivity contribution in [2.24, 2.45) is 0 Å². The summed E-state index contributed by atoms with van der Waals surface area (Å²) < 4.78 is 46.8. The highest BCUT2D eigenvalue weighted by Crippen LogP contribution is 2.32. The average molecular weight is 397 g/mol. The van der Waals surface area contributed by atoms with Crippen molar-refractivity contribution in [3.05, 3.63) is 42.1 Å². The molecule has 7 nitrogen and oxygen atoms in total. The van der Waals surface area contributed by atoms with E-state index >= 15 is 0 Å². The third-order valence-corrected chi connectivity index (χ3v) is 4.20. The minimum absolute atomic E-state index is 0.103. The first-order chi connectivity index (χ1) is 13.2. The van der Waals surface area contributed by atoms with E-state index in [-0.39, 0.29) is 23.4 Å². The number of halogens is 3. The number of aryl methyl sites for hydroxylation is 1. The number of amides is 2. The molecule has 3 rings (SSSR count). The highest BCUT2D eigenvalue weighted by Gasteiger charge is 2.38. The topological polar surface area (TPSA) is 83.9 Å². The molecule has 2 aromatic rings. The number of aromatic nitrogens is 1. The molecule has 2 amide bonds. The number of rotatable bonds is 5. The zero-order chi connectivity index (χ0) is 20.5. The van der Waals surface area contributed by atoms with Crippen LogP contribution in [-0.2, 0) is 0 Å². The lowest BCUT2D eigenvalue weighted by molar-refractivity contribution is -0.274. The van der Waals surface area contributed by atoms with Crippen LogP contribution in [0, 0.1) is 6.92 Å². The van der Waals surface area contributed by atoms with Crippen molar-refractivity contribution in [3.63, 3.8) is 0 Å². The van der Waals surface area contributed by atoms with Gasteiger partial charge in [-0.3, -0.25) is 4.90 Å². The first-order valence-corrected chi connectivity index (χ1v) is 8.46. The average Bonchev–Trinajstić information content (AvgIpc) is 2.91. The van der Waals surface area contributed by atoms with Gasteiger partial charge in [-0.25, -0.2) is 9.78 Å². The predicted octanol–water partition coefficient (Wildman–Crippen LogP) is 3.71. The van der Waals surface area contributed by atoms with Crippen LogP contribution in [0.5, 0.6) is 17.4 Å². The zero-order valence-corrected chi connectivity index (χ0v) is 15.0. The van der Waals surface area contributed by atoms with Crippen LogP contribution in [0.15, 0.2) is 36.5 Å².